The number of nitrogens with one attached hydrogen (secondary N) is 2. The molecule has 132 valence electrons. The first-order valence-electron chi connectivity index (χ1n) is 8.59. The molecule has 2 N–H and O–H groups in total. The number of carbonyl (C=O) groups excluding carboxylic acids is 1. The topological polar surface area (TPSA) is 50.4 Å². The standard InChI is InChI=1S/C20H23FN2O2/c21-18-8-6-16(7-9-18)14-20(10-12-22-13-11-20)23-19(24)25-15-17-4-2-1-3-5-17/h1-9,22H,10-15H2,(H,23,24). The van der Waals surface area contributed by atoms with E-state index in [0.717, 1.165) is 37.1 Å². The zero-order chi connectivity index (χ0) is 17.5. The third-order valence-electron chi connectivity index (χ3n) is 4.60. The average molecular weight is 342 g/mol. The summed E-state index contributed by atoms with van der Waals surface area (Å²) in [7, 11) is 0. The van der Waals surface area contributed by atoms with Crippen molar-refractivity contribution in [2.45, 2.75) is 31.4 Å². The molecular weight excluding hydrogens is 319 g/mol. The van der Waals surface area contributed by atoms with Crippen LogP contribution in [-0.4, -0.2) is 24.7 Å². The molecule has 1 heterocycles. The van der Waals surface area contributed by atoms with Crippen molar-refractivity contribution in [1.29, 1.82) is 0 Å². The van der Waals surface area contributed by atoms with Crippen LogP contribution in [0.1, 0.15) is 24.0 Å². The fraction of sp³-hybridized carbons (Fsp3) is 0.350. The number of hydrogen-bond acceptors (Lipinski definition) is 3. The van der Waals surface area contributed by atoms with Crippen LogP contribution in [0, 0.1) is 5.82 Å². The molecule has 5 heteroatoms. The zero-order valence-electron chi connectivity index (χ0n) is 14.1. The van der Waals surface area contributed by atoms with Gasteiger partial charge in [-0.2, -0.15) is 0 Å². The Balaban J connectivity index is 1.63. The Kier molecular flexibility index (Phi) is 5.66. The average Bonchev–Trinajstić information content (AvgIpc) is 2.63. The van der Waals surface area contributed by atoms with E-state index in [1.54, 1.807) is 12.1 Å². The Labute approximate surface area is 147 Å². The Morgan fingerprint density at radius 3 is 2.40 bits per heavy atom. The molecule has 1 saturated heterocycles. The highest BCUT2D eigenvalue weighted by atomic mass is 19.1. The summed E-state index contributed by atoms with van der Waals surface area (Å²) in [4.78, 5) is 12.3. The minimum absolute atomic E-state index is 0.248. The highest BCUT2D eigenvalue weighted by Crippen LogP contribution is 2.24. The van der Waals surface area contributed by atoms with Gasteiger partial charge in [0.2, 0.25) is 0 Å². The highest BCUT2D eigenvalue weighted by molar-refractivity contribution is 5.68. The summed E-state index contributed by atoms with van der Waals surface area (Å²) in [6, 6.07) is 16.1. The highest BCUT2D eigenvalue weighted by Gasteiger charge is 2.34. The summed E-state index contributed by atoms with van der Waals surface area (Å²) < 4.78 is 18.5. The van der Waals surface area contributed by atoms with Gasteiger partial charge in [-0.05, 0) is 55.6 Å². The van der Waals surface area contributed by atoms with Crippen molar-refractivity contribution in [2.24, 2.45) is 0 Å². The van der Waals surface area contributed by atoms with Crippen molar-refractivity contribution in [1.82, 2.24) is 10.6 Å². The van der Waals surface area contributed by atoms with Gasteiger partial charge in [-0.25, -0.2) is 9.18 Å². The Morgan fingerprint density at radius 2 is 1.72 bits per heavy atom. The monoisotopic (exact) mass is 342 g/mol. The molecule has 2 aromatic carbocycles. The maximum Gasteiger partial charge on any atom is 0.407 e. The number of alkyl carbamates (subject to hydrolysis) is 1. The molecule has 0 saturated carbocycles. The zero-order valence-corrected chi connectivity index (χ0v) is 14.1. The van der Waals surface area contributed by atoms with Crippen LogP contribution >= 0.6 is 0 Å². The van der Waals surface area contributed by atoms with Crippen molar-refractivity contribution in [3.63, 3.8) is 0 Å². The summed E-state index contributed by atoms with van der Waals surface area (Å²) in [5, 5.41) is 6.38. The van der Waals surface area contributed by atoms with Gasteiger partial charge in [0, 0.05) is 5.54 Å². The van der Waals surface area contributed by atoms with Crippen LogP contribution in [0.4, 0.5) is 9.18 Å². The molecule has 0 spiro atoms. The summed E-state index contributed by atoms with van der Waals surface area (Å²) in [5.41, 5.74) is 1.60. The maximum atomic E-state index is 13.1. The molecule has 2 aromatic rings. The molecule has 0 aromatic heterocycles. The molecule has 1 fully saturated rings. The third kappa shape index (κ3) is 5.03. The lowest BCUT2D eigenvalue weighted by Crippen LogP contribution is -2.56. The molecule has 0 aliphatic carbocycles. The number of ether oxygens (including phenoxy) is 1. The van der Waals surface area contributed by atoms with Crippen LogP contribution < -0.4 is 10.6 Å². The quantitative estimate of drug-likeness (QED) is 0.875. The Hall–Kier alpha value is -2.40. The summed E-state index contributed by atoms with van der Waals surface area (Å²) >= 11 is 0. The number of halogens is 1. The second-order valence-corrected chi connectivity index (χ2v) is 6.52. The minimum Gasteiger partial charge on any atom is -0.445 e. The van der Waals surface area contributed by atoms with Crippen LogP contribution in [0.5, 0.6) is 0 Å². The predicted molar refractivity (Wildman–Crippen MR) is 94.7 cm³/mol. The van der Waals surface area contributed by atoms with Crippen LogP contribution in [0.15, 0.2) is 54.6 Å². The summed E-state index contributed by atoms with van der Waals surface area (Å²) in [5.74, 6) is -0.252. The summed E-state index contributed by atoms with van der Waals surface area (Å²) in [6.07, 6.45) is 1.87. The molecule has 3 rings (SSSR count). The first-order chi connectivity index (χ1) is 12.2. The number of hydrogen-bond donors (Lipinski definition) is 2. The number of rotatable bonds is 5. The van der Waals surface area contributed by atoms with Gasteiger partial charge >= 0.3 is 6.09 Å². The van der Waals surface area contributed by atoms with Crippen molar-refractivity contribution >= 4 is 6.09 Å². The van der Waals surface area contributed by atoms with E-state index in [4.69, 9.17) is 4.74 Å². The molecule has 25 heavy (non-hydrogen) atoms. The molecule has 0 unspecified atom stereocenters. The Bertz CT molecular complexity index is 683. The molecule has 1 aliphatic rings. The minimum atomic E-state index is -0.409. The first-order valence-corrected chi connectivity index (χ1v) is 8.59. The van der Waals surface area contributed by atoms with E-state index < -0.39 is 6.09 Å². The lowest BCUT2D eigenvalue weighted by molar-refractivity contribution is 0.119. The van der Waals surface area contributed by atoms with E-state index in [1.807, 2.05) is 30.3 Å². The van der Waals surface area contributed by atoms with E-state index in [0.29, 0.717) is 6.42 Å². The fourth-order valence-electron chi connectivity index (χ4n) is 3.22. The van der Waals surface area contributed by atoms with Crippen molar-refractivity contribution in [3.8, 4) is 0 Å². The van der Waals surface area contributed by atoms with E-state index in [2.05, 4.69) is 10.6 Å². The predicted octanol–water partition coefficient (Wildman–Crippen LogP) is 3.42. The van der Waals surface area contributed by atoms with E-state index in [9.17, 15) is 9.18 Å². The normalized spacial score (nSPS) is 16.2. The van der Waals surface area contributed by atoms with E-state index in [-0.39, 0.29) is 18.0 Å². The van der Waals surface area contributed by atoms with Gasteiger partial charge in [0.05, 0.1) is 0 Å². The van der Waals surface area contributed by atoms with Crippen LogP contribution in [0.2, 0.25) is 0 Å². The lowest BCUT2D eigenvalue weighted by atomic mass is 9.82. The summed E-state index contributed by atoms with van der Waals surface area (Å²) in [6.45, 7) is 1.91. The van der Waals surface area contributed by atoms with Crippen molar-refractivity contribution in [2.75, 3.05) is 13.1 Å². The van der Waals surface area contributed by atoms with E-state index >= 15 is 0 Å². The maximum absolute atomic E-state index is 13.1. The number of amides is 1. The largest absolute Gasteiger partial charge is 0.445 e. The smallest absolute Gasteiger partial charge is 0.407 e. The molecule has 0 bridgehead atoms. The van der Waals surface area contributed by atoms with Gasteiger partial charge in [-0.1, -0.05) is 42.5 Å². The van der Waals surface area contributed by atoms with Gasteiger partial charge in [0.1, 0.15) is 12.4 Å². The molecule has 1 aliphatic heterocycles. The molecule has 1 amide bonds. The first kappa shape index (κ1) is 17.4. The number of carbonyl (C=O) groups is 1. The molecule has 0 atom stereocenters. The number of piperidine rings is 1. The van der Waals surface area contributed by atoms with E-state index in [1.165, 1.54) is 12.1 Å². The second-order valence-electron chi connectivity index (χ2n) is 6.52. The molecule has 4 nitrogen and oxygen atoms in total. The van der Waals surface area contributed by atoms with Crippen molar-refractivity contribution < 1.29 is 13.9 Å². The van der Waals surface area contributed by atoms with Gasteiger partial charge < -0.3 is 15.4 Å². The van der Waals surface area contributed by atoms with Crippen LogP contribution in [-0.2, 0) is 17.8 Å². The third-order valence-corrected chi connectivity index (χ3v) is 4.60. The van der Waals surface area contributed by atoms with Gasteiger partial charge in [-0.15, -0.1) is 0 Å². The second kappa shape index (κ2) is 8.12. The van der Waals surface area contributed by atoms with Gasteiger partial charge in [0.15, 0.2) is 0 Å². The molecule has 0 radical (unpaired) electrons. The Morgan fingerprint density at radius 1 is 1.04 bits per heavy atom. The van der Waals surface area contributed by atoms with Crippen LogP contribution in [0.3, 0.4) is 0 Å². The van der Waals surface area contributed by atoms with Crippen molar-refractivity contribution in [3.05, 3.63) is 71.5 Å². The van der Waals surface area contributed by atoms with Gasteiger partial charge in [-0.3, -0.25) is 0 Å². The number of benzene rings is 2. The molecular formula is C20H23FN2O2. The lowest BCUT2D eigenvalue weighted by Gasteiger charge is -2.38. The van der Waals surface area contributed by atoms with Crippen LogP contribution in [0.25, 0.3) is 0 Å². The fourth-order valence-corrected chi connectivity index (χ4v) is 3.22. The van der Waals surface area contributed by atoms with Gasteiger partial charge in [0.25, 0.3) is 0 Å². The SMILES string of the molecule is O=C(NC1(Cc2ccc(F)cc2)CCNCC1)OCc1ccccc1.